The molecule has 0 aliphatic heterocycles. The number of thioether (sulfide) groups is 1. The van der Waals surface area contributed by atoms with E-state index in [0.29, 0.717) is 21.7 Å². The van der Waals surface area contributed by atoms with Crippen LogP contribution in [0.25, 0.3) is 11.0 Å². The number of rotatable bonds is 3. The largest absolute Gasteiger partial charge is 0.384 e. The molecule has 0 saturated carbocycles. The SMILES string of the molecule is Cc1cc(N)nc(SCc2nc3cc(Cl)ccc3n2C)n1. The van der Waals surface area contributed by atoms with Gasteiger partial charge in [0, 0.05) is 23.8 Å². The molecule has 0 bridgehead atoms. The van der Waals surface area contributed by atoms with Crippen molar-refractivity contribution in [1.82, 2.24) is 19.5 Å². The van der Waals surface area contributed by atoms with Gasteiger partial charge in [0.25, 0.3) is 0 Å². The molecule has 0 unspecified atom stereocenters. The summed E-state index contributed by atoms with van der Waals surface area (Å²) >= 11 is 7.52. The van der Waals surface area contributed by atoms with Gasteiger partial charge >= 0.3 is 0 Å². The van der Waals surface area contributed by atoms with Gasteiger partial charge in [-0.1, -0.05) is 23.4 Å². The minimum Gasteiger partial charge on any atom is -0.384 e. The van der Waals surface area contributed by atoms with E-state index in [1.165, 1.54) is 11.8 Å². The third kappa shape index (κ3) is 2.96. The minimum atomic E-state index is 0.488. The number of halogens is 1. The van der Waals surface area contributed by atoms with Crippen LogP contribution < -0.4 is 5.73 Å². The van der Waals surface area contributed by atoms with Crippen molar-refractivity contribution in [3.8, 4) is 0 Å². The van der Waals surface area contributed by atoms with Gasteiger partial charge in [-0.3, -0.25) is 0 Å². The quantitative estimate of drug-likeness (QED) is 0.593. The molecule has 2 aromatic heterocycles. The number of nitrogens with two attached hydrogens (primary N) is 1. The molecule has 1 aromatic carbocycles. The zero-order valence-corrected chi connectivity index (χ0v) is 13.2. The van der Waals surface area contributed by atoms with Crippen molar-refractivity contribution in [2.45, 2.75) is 17.8 Å². The molecule has 2 heterocycles. The first kappa shape index (κ1) is 14.2. The topological polar surface area (TPSA) is 69.6 Å². The number of hydrogen-bond donors (Lipinski definition) is 1. The molecular weight excluding hydrogens is 306 g/mol. The Labute approximate surface area is 131 Å². The molecule has 0 aliphatic carbocycles. The molecule has 108 valence electrons. The molecule has 0 atom stereocenters. The van der Waals surface area contributed by atoms with E-state index in [1.54, 1.807) is 6.07 Å². The Kier molecular flexibility index (Phi) is 3.73. The summed E-state index contributed by atoms with van der Waals surface area (Å²) in [6.07, 6.45) is 0. The van der Waals surface area contributed by atoms with Crippen LogP contribution in [-0.4, -0.2) is 19.5 Å². The standard InChI is InChI=1S/C14H14ClN5S/c1-8-5-12(16)19-14(17-8)21-7-13-18-10-6-9(15)3-4-11(10)20(13)2/h3-6H,7H2,1-2H3,(H2,16,17,19). The fraction of sp³-hybridized carbons (Fsp3) is 0.214. The summed E-state index contributed by atoms with van der Waals surface area (Å²) in [5.74, 6) is 2.11. The number of hydrogen-bond acceptors (Lipinski definition) is 5. The highest BCUT2D eigenvalue weighted by Crippen LogP contribution is 2.24. The Balaban J connectivity index is 1.86. The average molecular weight is 320 g/mol. The third-order valence-corrected chi connectivity index (χ3v) is 4.20. The summed E-state index contributed by atoms with van der Waals surface area (Å²) in [5.41, 5.74) is 8.55. The lowest BCUT2D eigenvalue weighted by molar-refractivity contribution is 0.871. The molecular formula is C14H14ClN5S. The van der Waals surface area contributed by atoms with Gasteiger partial charge in [0.2, 0.25) is 0 Å². The van der Waals surface area contributed by atoms with Gasteiger partial charge in [-0.2, -0.15) is 0 Å². The fourth-order valence-electron chi connectivity index (χ4n) is 2.11. The number of aryl methyl sites for hydroxylation is 2. The van der Waals surface area contributed by atoms with Crippen LogP contribution in [0.3, 0.4) is 0 Å². The predicted octanol–water partition coefficient (Wildman–Crippen LogP) is 3.20. The normalized spacial score (nSPS) is 11.2. The Morgan fingerprint density at radius 1 is 1.24 bits per heavy atom. The third-order valence-electron chi connectivity index (χ3n) is 3.12. The van der Waals surface area contributed by atoms with Crippen LogP contribution in [0, 0.1) is 6.92 Å². The number of benzene rings is 1. The zero-order valence-electron chi connectivity index (χ0n) is 11.7. The molecule has 0 amide bonds. The first-order valence-corrected chi connectivity index (χ1v) is 7.74. The number of nitrogens with zero attached hydrogens (tertiary/aromatic N) is 4. The second kappa shape index (κ2) is 5.54. The van der Waals surface area contributed by atoms with Gasteiger partial charge in [-0.05, 0) is 25.1 Å². The molecule has 3 aromatic rings. The number of anilines is 1. The van der Waals surface area contributed by atoms with Crippen molar-refractivity contribution in [2.75, 3.05) is 5.73 Å². The summed E-state index contributed by atoms with van der Waals surface area (Å²) in [6.45, 7) is 1.90. The van der Waals surface area contributed by atoms with Gasteiger partial charge in [-0.25, -0.2) is 15.0 Å². The Morgan fingerprint density at radius 3 is 2.81 bits per heavy atom. The van der Waals surface area contributed by atoms with Crippen LogP contribution in [0.1, 0.15) is 11.5 Å². The minimum absolute atomic E-state index is 0.488. The maximum Gasteiger partial charge on any atom is 0.190 e. The van der Waals surface area contributed by atoms with E-state index in [-0.39, 0.29) is 0 Å². The second-order valence-corrected chi connectivity index (χ2v) is 6.10. The lowest BCUT2D eigenvalue weighted by atomic mass is 10.3. The van der Waals surface area contributed by atoms with Gasteiger partial charge in [0.05, 0.1) is 16.8 Å². The van der Waals surface area contributed by atoms with Crippen LogP contribution in [0.2, 0.25) is 5.02 Å². The number of fused-ring (bicyclic) bond motifs is 1. The molecule has 0 saturated heterocycles. The van der Waals surface area contributed by atoms with Crippen LogP contribution in [-0.2, 0) is 12.8 Å². The van der Waals surface area contributed by atoms with E-state index in [2.05, 4.69) is 19.5 Å². The lowest BCUT2D eigenvalue weighted by Gasteiger charge is -2.03. The first-order chi connectivity index (χ1) is 10.0. The Morgan fingerprint density at radius 2 is 2.05 bits per heavy atom. The molecule has 3 rings (SSSR count). The number of aromatic nitrogens is 4. The van der Waals surface area contributed by atoms with Crippen molar-refractivity contribution in [3.05, 3.63) is 40.8 Å². The van der Waals surface area contributed by atoms with E-state index in [9.17, 15) is 0 Å². The fourth-order valence-corrected chi connectivity index (χ4v) is 3.17. The van der Waals surface area contributed by atoms with Gasteiger partial charge < -0.3 is 10.3 Å². The zero-order chi connectivity index (χ0) is 15.0. The summed E-state index contributed by atoms with van der Waals surface area (Å²) in [7, 11) is 1.99. The molecule has 5 nitrogen and oxygen atoms in total. The lowest BCUT2D eigenvalue weighted by Crippen LogP contribution is -1.99. The van der Waals surface area contributed by atoms with Crippen molar-refractivity contribution in [2.24, 2.45) is 7.05 Å². The summed E-state index contributed by atoms with van der Waals surface area (Å²) < 4.78 is 2.05. The molecule has 2 N–H and O–H groups in total. The second-order valence-electron chi connectivity index (χ2n) is 4.73. The van der Waals surface area contributed by atoms with Crippen LogP contribution in [0.15, 0.2) is 29.4 Å². The summed E-state index contributed by atoms with van der Waals surface area (Å²) in [6, 6.07) is 7.46. The maximum atomic E-state index is 6.00. The Hall–Kier alpha value is -1.79. The van der Waals surface area contributed by atoms with Gasteiger partial charge in [0.15, 0.2) is 5.16 Å². The monoisotopic (exact) mass is 319 g/mol. The highest BCUT2D eigenvalue weighted by atomic mass is 35.5. The number of imidazole rings is 1. The molecule has 0 spiro atoms. The molecule has 21 heavy (non-hydrogen) atoms. The Bertz CT molecular complexity index is 794. The number of nitrogen functional groups attached to an aromatic ring is 1. The van der Waals surface area contributed by atoms with E-state index in [1.807, 2.05) is 32.2 Å². The van der Waals surface area contributed by atoms with E-state index < -0.39 is 0 Å². The van der Waals surface area contributed by atoms with Crippen molar-refractivity contribution in [1.29, 1.82) is 0 Å². The highest BCUT2D eigenvalue weighted by molar-refractivity contribution is 7.98. The van der Waals surface area contributed by atoms with E-state index in [4.69, 9.17) is 17.3 Å². The van der Waals surface area contributed by atoms with E-state index in [0.717, 1.165) is 22.6 Å². The van der Waals surface area contributed by atoms with Gasteiger partial charge in [0.1, 0.15) is 11.6 Å². The molecule has 0 aliphatic rings. The smallest absolute Gasteiger partial charge is 0.190 e. The molecule has 7 heteroatoms. The summed E-state index contributed by atoms with van der Waals surface area (Å²) in [4.78, 5) is 13.2. The van der Waals surface area contributed by atoms with Crippen molar-refractivity contribution >= 4 is 40.2 Å². The van der Waals surface area contributed by atoms with Crippen LogP contribution in [0.4, 0.5) is 5.82 Å². The van der Waals surface area contributed by atoms with Crippen LogP contribution >= 0.6 is 23.4 Å². The first-order valence-electron chi connectivity index (χ1n) is 6.38. The van der Waals surface area contributed by atoms with Crippen LogP contribution in [0.5, 0.6) is 0 Å². The summed E-state index contributed by atoms with van der Waals surface area (Å²) in [5, 5.41) is 1.35. The molecule has 0 fully saturated rings. The van der Waals surface area contributed by atoms with Crippen molar-refractivity contribution in [3.63, 3.8) is 0 Å². The average Bonchev–Trinajstić information content (AvgIpc) is 2.71. The van der Waals surface area contributed by atoms with Gasteiger partial charge in [-0.15, -0.1) is 0 Å². The van der Waals surface area contributed by atoms with Crippen molar-refractivity contribution < 1.29 is 0 Å². The molecule has 0 radical (unpaired) electrons. The highest BCUT2D eigenvalue weighted by Gasteiger charge is 2.10. The van der Waals surface area contributed by atoms with E-state index >= 15 is 0 Å². The predicted molar refractivity (Wildman–Crippen MR) is 86.5 cm³/mol. The maximum absolute atomic E-state index is 6.00.